The van der Waals surface area contributed by atoms with Gasteiger partial charge >= 0.3 is 5.69 Å². The Labute approximate surface area is 157 Å². The first-order chi connectivity index (χ1) is 13.3. The summed E-state index contributed by atoms with van der Waals surface area (Å²) in [7, 11) is 1.32. The summed E-state index contributed by atoms with van der Waals surface area (Å²) >= 11 is 0. The van der Waals surface area contributed by atoms with E-state index in [4.69, 9.17) is 4.74 Å². The van der Waals surface area contributed by atoms with Crippen LogP contribution in [0.3, 0.4) is 0 Å². The van der Waals surface area contributed by atoms with E-state index in [9.17, 15) is 35.4 Å². The highest BCUT2D eigenvalue weighted by Gasteiger charge is 2.20. The number of nitro benzene ring substituents is 2. The van der Waals surface area contributed by atoms with Crippen LogP contribution in [0.1, 0.15) is 5.56 Å². The number of phenols is 1. The zero-order chi connectivity index (χ0) is 20.8. The van der Waals surface area contributed by atoms with Crippen LogP contribution in [0, 0.1) is 31.6 Å². The molecule has 11 heteroatoms. The van der Waals surface area contributed by atoms with E-state index in [1.54, 1.807) is 6.07 Å². The molecule has 0 bridgehead atoms. The lowest BCUT2D eigenvalue weighted by Crippen LogP contribution is -2.14. The minimum absolute atomic E-state index is 0.112. The van der Waals surface area contributed by atoms with Crippen molar-refractivity contribution in [1.29, 1.82) is 5.26 Å². The number of aromatic hydroxyl groups is 1. The largest absolute Gasteiger partial charge is 0.502 e. The molecule has 2 rings (SSSR count). The van der Waals surface area contributed by atoms with Crippen molar-refractivity contribution < 1.29 is 24.5 Å². The van der Waals surface area contributed by atoms with Crippen molar-refractivity contribution in [3.05, 3.63) is 67.8 Å². The molecule has 0 aromatic heterocycles. The number of ether oxygens (including phenoxy) is 1. The fraction of sp³-hybridized carbons (Fsp3) is 0.0588. The van der Waals surface area contributed by atoms with Crippen LogP contribution in [0.2, 0.25) is 0 Å². The lowest BCUT2D eigenvalue weighted by molar-refractivity contribution is -0.385. The number of anilines is 1. The number of hydrogen-bond acceptors (Lipinski definition) is 8. The van der Waals surface area contributed by atoms with Gasteiger partial charge in [-0.25, -0.2) is 0 Å². The van der Waals surface area contributed by atoms with Crippen LogP contribution in [0.25, 0.3) is 6.08 Å². The van der Waals surface area contributed by atoms with Gasteiger partial charge in [0.05, 0.1) is 23.0 Å². The van der Waals surface area contributed by atoms with Crippen LogP contribution < -0.4 is 10.1 Å². The number of hydrogen-bond donors (Lipinski definition) is 2. The first-order valence-corrected chi connectivity index (χ1v) is 7.49. The molecule has 0 unspecified atom stereocenters. The third-order valence-corrected chi connectivity index (χ3v) is 3.52. The molecule has 2 aromatic carbocycles. The van der Waals surface area contributed by atoms with Gasteiger partial charge in [-0.1, -0.05) is 6.07 Å². The molecule has 1 amide bonds. The molecule has 0 spiro atoms. The molecule has 2 N–H and O–H groups in total. The Morgan fingerprint density at radius 1 is 1.18 bits per heavy atom. The zero-order valence-corrected chi connectivity index (χ0v) is 14.3. The van der Waals surface area contributed by atoms with Crippen molar-refractivity contribution in [3.63, 3.8) is 0 Å². The van der Waals surface area contributed by atoms with E-state index in [-0.39, 0.29) is 17.0 Å². The Balaban J connectivity index is 2.36. The molecular formula is C17H12N4O7. The highest BCUT2D eigenvalue weighted by atomic mass is 16.6. The summed E-state index contributed by atoms with van der Waals surface area (Å²) in [5.41, 5.74) is -1.54. The van der Waals surface area contributed by atoms with Gasteiger partial charge in [0, 0.05) is 6.07 Å². The van der Waals surface area contributed by atoms with Crippen molar-refractivity contribution in [1.82, 2.24) is 0 Å². The Morgan fingerprint density at radius 2 is 1.86 bits per heavy atom. The van der Waals surface area contributed by atoms with E-state index >= 15 is 0 Å². The van der Waals surface area contributed by atoms with E-state index in [0.717, 1.165) is 24.3 Å². The number of nitrogens with zero attached hydrogens (tertiary/aromatic N) is 3. The van der Waals surface area contributed by atoms with Crippen molar-refractivity contribution in [2.75, 3.05) is 12.4 Å². The Hall–Kier alpha value is -4.46. The second kappa shape index (κ2) is 8.28. The van der Waals surface area contributed by atoms with Crippen LogP contribution in [0.5, 0.6) is 11.5 Å². The lowest BCUT2D eigenvalue weighted by Gasteiger charge is -2.07. The van der Waals surface area contributed by atoms with Gasteiger partial charge < -0.3 is 15.2 Å². The molecule has 0 saturated heterocycles. The predicted octanol–water partition coefficient (Wildman–Crippen LogP) is 2.76. The Morgan fingerprint density at radius 3 is 2.43 bits per heavy atom. The summed E-state index contributed by atoms with van der Waals surface area (Å²) in [6.07, 6.45) is 1.05. The average Bonchev–Trinajstić information content (AvgIpc) is 2.66. The Kier molecular flexibility index (Phi) is 5.87. The first kappa shape index (κ1) is 19.9. The lowest BCUT2D eigenvalue weighted by atomic mass is 10.1. The first-order valence-electron chi connectivity index (χ1n) is 7.49. The zero-order valence-electron chi connectivity index (χ0n) is 14.3. The van der Waals surface area contributed by atoms with Crippen molar-refractivity contribution in [3.8, 4) is 17.6 Å². The molecule has 11 nitrogen and oxygen atoms in total. The quantitative estimate of drug-likeness (QED) is 0.331. The summed E-state index contributed by atoms with van der Waals surface area (Å²) < 4.78 is 4.90. The van der Waals surface area contributed by atoms with Crippen LogP contribution in [0.4, 0.5) is 17.1 Å². The number of nitrogens with one attached hydrogen (secondary N) is 1. The topological polar surface area (TPSA) is 169 Å². The number of nitriles is 1. The van der Waals surface area contributed by atoms with E-state index in [2.05, 4.69) is 5.32 Å². The molecule has 0 aliphatic carbocycles. The molecule has 0 fully saturated rings. The summed E-state index contributed by atoms with van der Waals surface area (Å²) in [4.78, 5) is 32.8. The highest BCUT2D eigenvalue weighted by Crippen LogP contribution is 2.30. The van der Waals surface area contributed by atoms with Gasteiger partial charge in [0.15, 0.2) is 5.75 Å². The summed E-state index contributed by atoms with van der Waals surface area (Å²) in [5, 5.41) is 42.9. The monoisotopic (exact) mass is 384 g/mol. The third-order valence-electron chi connectivity index (χ3n) is 3.52. The van der Waals surface area contributed by atoms with Crippen LogP contribution >= 0.6 is 0 Å². The molecule has 2 aromatic rings. The molecule has 142 valence electrons. The van der Waals surface area contributed by atoms with E-state index in [0.29, 0.717) is 0 Å². The molecule has 0 radical (unpaired) electrons. The molecule has 0 saturated carbocycles. The molecule has 0 heterocycles. The van der Waals surface area contributed by atoms with Crippen LogP contribution in [0.15, 0.2) is 42.0 Å². The maximum absolute atomic E-state index is 12.3. The SMILES string of the molecule is COc1ccc(NC(=O)C(C#N)=Cc2ccc(O)c([N+](=O)[O-])c2)c([N+](=O)[O-])c1. The highest BCUT2D eigenvalue weighted by molar-refractivity contribution is 6.10. The summed E-state index contributed by atoms with van der Waals surface area (Å²) in [6, 6.07) is 8.66. The third kappa shape index (κ3) is 4.38. The number of nitro groups is 2. The van der Waals surface area contributed by atoms with Crippen molar-refractivity contribution in [2.45, 2.75) is 0 Å². The second-order valence-corrected chi connectivity index (χ2v) is 5.27. The number of benzene rings is 2. The number of carbonyl (C=O) groups excluding carboxylic acids is 1. The molecule has 0 atom stereocenters. The van der Waals surface area contributed by atoms with Crippen LogP contribution in [-0.2, 0) is 4.79 Å². The minimum Gasteiger partial charge on any atom is -0.502 e. The molecule has 0 aliphatic heterocycles. The smallest absolute Gasteiger partial charge is 0.311 e. The van der Waals surface area contributed by atoms with Gasteiger partial charge in [0.2, 0.25) is 0 Å². The fourth-order valence-electron chi connectivity index (χ4n) is 2.18. The normalized spacial score (nSPS) is 10.6. The number of rotatable bonds is 6. The number of carbonyl (C=O) groups is 1. The van der Waals surface area contributed by atoms with Gasteiger partial charge in [0.1, 0.15) is 23.1 Å². The van der Waals surface area contributed by atoms with Gasteiger partial charge in [0.25, 0.3) is 11.6 Å². The standard InChI is InChI=1S/C17H12N4O7/c1-28-12-3-4-13(14(8-12)20(24)25)19-17(23)11(9-18)6-10-2-5-16(22)15(7-10)21(26)27/h2-8,22H,1H3,(H,19,23). The summed E-state index contributed by atoms with van der Waals surface area (Å²) in [6.45, 7) is 0. The number of amides is 1. The molecule has 28 heavy (non-hydrogen) atoms. The van der Waals surface area contributed by atoms with Crippen molar-refractivity contribution >= 4 is 29.0 Å². The van der Waals surface area contributed by atoms with E-state index < -0.39 is 38.5 Å². The van der Waals surface area contributed by atoms with Gasteiger partial charge in [-0.05, 0) is 29.8 Å². The van der Waals surface area contributed by atoms with Gasteiger partial charge in [-0.3, -0.25) is 25.0 Å². The summed E-state index contributed by atoms with van der Waals surface area (Å²) in [5.74, 6) is -1.32. The maximum atomic E-state index is 12.3. The van der Waals surface area contributed by atoms with Gasteiger partial charge in [-0.15, -0.1) is 0 Å². The fourth-order valence-corrected chi connectivity index (χ4v) is 2.18. The predicted molar refractivity (Wildman–Crippen MR) is 96.6 cm³/mol. The minimum atomic E-state index is -0.952. The van der Waals surface area contributed by atoms with E-state index in [1.807, 2.05) is 0 Å². The molecular weight excluding hydrogens is 372 g/mol. The number of methoxy groups -OCH3 is 1. The average molecular weight is 384 g/mol. The van der Waals surface area contributed by atoms with E-state index in [1.165, 1.54) is 25.3 Å². The van der Waals surface area contributed by atoms with Gasteiger partial charge in [-0.2, -0.15) is 5.26 Å². The second-order valence-electron chi connectivity index (χ2n) is 5.27. The maximum Gasteiger partial charge on any atom is 0.311 e. The Bertz CT molecular complexity index is 1040. The van der Waals surface area contributed by atoms with Crippen LogP contribution in [-0.4, -0.2) is 28.0 Å². The molecule has 0 aliphatic rings. The van der Waals surface area contributed by atoms with Crippen molar-refractivity contribution in [2.24, 2.45) is 0 Å². The number of phenolic OH excluding ortho intramolecular Hbond substituents is 1.